The average molecular weight is 466 g/mol. The van der Waals surface area contributed by atoms with Gasteiger partial charge in [-0.2, -0.15) is 5.26 Å². The number of benzene rings is 1. The monoisotopic (exact) mass is 465 g/mol. The van der Waals surface area contributed by atoms with Crippen molar-refractivity contribution in [1.82, 2.24) is 24.6 Å². The Labute approximate surface area is 195 Å². The molecule has 9 nitrogen and oxygen atoms in total. The summed E-state index contributed by atoms with van der Waals surface area (Å²) < 4.78 is 2.06. The summed E-state index contributed by atoms with van der Waals surface area (Å²) >= 11 is 6.23. The van der Waals surface area contributed by atoms with Crippen LogP contribution < -0.4 is 10.5 Å². The van der Waals surface area contributed by atoms with Gasteiger partial charge in [0.1, 0.15) is 17.5 Å². The van der Waals surface area contributed by atoms with E-state index in [-0.39, 0.29) is 23.3 Å². The number of fused-ring (bicyclic) bond motifs is 2. The number of pyridine rings is 1. The van der Waals surface area contributed by atoms with E-state index in [0.717, 1.165) is 17.0 Å². The van der Waals surface area contributed by atoms with Crippen LogP contribution in [0.2, 0.25) is 5.02 Å². The fourth-order valence-electron chi connectivity index (χ4n) is 5.12. The summed E-state index contributed by atoms with van der Waals surface area (Å²) in [7, 11) is 0. The molecule has 1 aromatic carbocycles. The first kappa shape index (κ1) is 21.5. The number of anilines is 1. The van der Waals surface area contributed by atoms with E-state index < -0.39 is 5.56 Å². The van der Waals surface area contributed by atoms with Crippen LogP contribution in [0.15, 0.2) is 23.0 Å². The van der Waals surface area contributed by atoms with Gasteiger partial charge in [0.05, 0.1) is 17.7 Å². The van der Waals surface area contributed by atoms with Crippen LogP contribution in [-0.2, 0) is 17.9 Å². The highest BCUT2D eigenvalue weighted by Crippen LogP contribution is 2.35. The number of aromatic nitrogens is 4. The number of carbonyl (C=O) groups is 1. The number of nitrogens with one attached hydrogen (secondary N) is 1. The van der Waals surface area contributed by atoms with Crippen LogP contribution in [0.4, 0.5) is 5.69 Å². The number of H-pyrrole nitrogens is 1. The molecule has 1 amide bonds. The number of piperidine rings is 1. The van der Waals surface area contributed by atoms with Gasteiger partial charge >= 0.3 is 0 Å². The fraction of sp³-hybridized carbons (Fsp3) is 0.435. The molecular formula is C23H24ClN7O2. The van der Waals surface area contributed by atoms with Crippen molar-refractivity contribution in [3.63, 3.8) is 0 Å². The standard InChI is InChI=1S/C23H24ClN7O2/c1-13-11-29(21-17-9-15(24)3-4-19(17)26-22(32)18(21)10-25)6-5-16(13)23(33)30-7-8-31-14(2)27-28-20(31)12-30/h3-4,9,13,16H,5-8,11-12H2,1-2H3,(H,26,32). The summed E-state index contributed by atoms with van der Waals surface area (Å²) in [5, 5.41) is 19.3. The maximum Gasteiger partial charge on any atom is 0.268 e. The summed E-state index contributed by atoms with van der Waals surface area (Å²) in [5.74, 6) is 1.75. The lowest BCUT2D eigenvalue weighted by atomic mass is 9.85. The molecule has 0 bridgehead atoms. The van der Waals surface area contributed by atoms with Crippen LogP contribution in [-0.4, -0.2) is 50.2 Å². The second-order valence-corrected chi connectivity index (χ2v) is 9.31. The molecule has 10 heteroatoms. The van der Waals surface area contributed by atoms with E-state index in [4.69, 9.17) is 11.6 Å². The van der Waals surface area contributed by atoms with Crippen LogP contribution in [0.5, 0.6) is 0 Å². The van der Waals surface area contributed by atoms with Crippen LogP contribution >= 0.6 is 11.6 Å². The Morgan fingerprint density at radius 2 is 2.09 bits per heavy atom. The van der Waals surface area contributed by atoms with E-state index in [9.17, 15) is 14.9 Å². The molecule has 0 saturated carbocycles. The van der Waals surface area contributed by atoms with Crippen molar-refractivity contribution in [2.75, 3.05) is 24.5 Å². The van der Waals surface area contributed by atoms with Crippen molar-refractivity contribution in [3.8, 4) is 6.07 Å². The first-order valence-electron chi connectivity index (χ1n) is 11.1. The molecule has 0 spiro atoms. The molecule has 2 unspecified atom stereocenters. The first-order valence-corrected chi connectivity index (χ1v) is 11.4. The number of nitriles is 1. The van der Waals surface area contributed by atoms with Crippen LogP contribution in [0.1, 0.15) is 30.6 Å². The number of halogens is 1. The van der Waals surface area contributed by atoms with E-state index in [0.29, 0.717) is 55.4 Å². The van der Waals surface area contributed by atoms with E-state index >= 15 is 0 Å². The van der Waals surface area contributed by atoms with E-state index in [1.54, 1.807) is 18.2 Å². The van der Waals surface area contributed by atoms with Gasteiger partial charge in [-0.3, -0.25) is 9.59 Å². The second-order valence-electron chi connectivity index (χ2n) is 8.87. The van der Waals surface area contributed by atoms with Gasteiger partial charge in [-0.15, -0.1) is 10.2 Å². The molecule has 1 saturated heterocycles. The van der Waals surface area contributed by atoms with Gasteiger partial charge in [0.2, 0.25) is 5.91 Å². The highest BCUT2D eigenvalue weighted by Gasteiger charge is 2.36. The number of rotatable bonds is 2. The Bertz CT molecular complexity index is 1360. The highest BCUT2D eigenvalue weighted by molar-refractivity contribution is 6.31. The Kier molecular flexibility index (Phi) is 5.33. The third-order valence-corrected chi connectivity index (χ3v) is 7.08. The van der Waals surface area contributed by atoms with Gasteiger partial charge in [0.25, 0.3) is 5.56 Å². The second kappa shape index (κ2) is 8.19. The van der Waals surface area contributed by atoms with Crippen molar-refractivity contribution < 1.29 is 4.79 Å². The number of amides is 1. The lowest BCUT2D eigenvalue weighted by molar-refractivity contribution is -0.139. The molecule has 5 rings (SSSR count). The molecule has 1 N–H and O–H groups in total. The zero-order valence-electron chi connectivity index (χ0n) is 18.5. The number of hydrogen-bond donors (Lipinski definition) is 1. The van der Waals surface area contributed by atoms with Gasteiger partial charge in [0.15, 0.2) is 5.82 Å². The summed E-state index contributed by atoms with van der Waals surface area (Å²) in [6.07, 6.45) is 0.641. The summed E-state index contributed by atoms with van der Waals surface area (Å²) in [6, 6.07) is 7.30. The average Bonchev–Trinajstić information content (AvgIpc) is 3.18. The largest absolute Gasteiger partial charge is 0.369 e. The third-order valence-electron chi connectivity index (χ3n) is 6.85. The quantitative estimate of drug-likeness (QED) is 0.622. The molecule has 2 aliphatic rings. The Morgan fingerprint density at radius 1 is 1.27 bits per heavy atom. The highest BCUT2D eigenvalue weighted by atomic mass is 35.5. The first-order chi connectivity index (χ1) is 15.9. The van der Waals surface area contributed by atoms with Gasteiger partial charge in [0, 0.05) is 42.5 Å². The number of hydrogen-bond acceptors (Lipinski definition) is 6. The minimum absolute atomic E-state index is 0.0489. The Balaban J connectivity index is 1.40. The van der Waals surface area contributed by atoms with Crippen LogP contribution in [0, 0.1) is 30.1 Å². The van der Waals surface area contributed by atoms with Crippen molar-refractivity contribution in [2.24, 2.45) is 11.8 Å². The molecule has 170 valence electrons. The number of aromatic amines is 1. The molecule has 2 atom stereocenters. The van der Waals surface area contributed by atoms with Gasteiger partial charge in [-0.05, 0) is 37.5 Å². The molecule has 4 heterocycles. The molecule has 2 aromatic heterocycles. The predicted octanol–water partition coefficient (Wildman–Crippen LogP) is 2.46. The SMILES string of the molecule is Cc1nnc2n1CCN(C(=O)C1CCN(c3c(C#N)c(=O)[nH]c4ccc(Cl)cc34)CC1C)C2. The normalized spacial score (nSPS) is 20.5. The maximum atomic E-state index is 13.4. The molecule has 0 radical (unpaired) electrons. The zero-order valence-corrected chi connectivity index (χ0v) is 19.3. The number of carbonyl (C=O) groups excluding carboxylic acids is 1. The van der Waals surface area contributed by atoms with Crippen molar-refractivity contribution in [1.29, 1.82) is 5.26 Å². The Hall–Kier alpha value is -3.38. The van der Waals surface area contributed by atoms with Crippen LogP contribution in [0.3, 0.4) is 0 Å². The molecule has 3 aromatic rings. The minimum Gasteiger partial charge on any atom is -0.369 e. The van der Waals surface area contributed by atoms with E-state index in [1.807, 2.05) is 11.8 Å². The maximum absolute atomic E-state index is 13.4. The topological polar surface area (TPSA) is 111 Å². The minimum atomic E-state index is -0.416. The lowest BCUT2D eigenvalue weighted by Crippen LogP contribution is -2.49. The zero-order chi connectivity index (χ0) is 23.3. The van der Waals surface area contributed by atoms with E-state index in [2.05, 4.69) is 37.6 Å². The number of nitrogens with zero attached hydrogens (tertiary/aromatic N) is 6. The lowest BCUT2D eigenvalue weighted by Gasteiger charge is -2.40. The Morgan fingerprint density at radius 3 is 2.85 bits per heavy atom. The van der Waals surface area contributed by atoms with Crippen LogP contribution in [0.25, 0.3) is 10.9 Å². The summed E-state index contributed by atoms with van der Waals surface area (Å²) in [5.41, 5.74) is 0.892. The van der Waals surface area contributed by atoms with Gasteiger partial charge < -0.3 is 19.4 Å². The summed E-state index contributed by atoms with van der Waals surface area (Å²) in [4.78, 5) is 32.6. The van der Waals surface area contributed by atoms with Crippen molar-refractivity contribution >= 4 is 34.1 Å². The smallest absolute Gasteiger partial charge is 0.268 e. The van der Waals surface area contributed by atoms with Crippen molar-refractivity contribution in [3.05, 3.63) is 50.8 Å². The summed E-state index contributed by atoms with van der Waals surface area (Å²) in [6.45, 7) is 6.95. The third kappa shape index (κ3) is 3.64. The van der Waals surface area contributed by atoms with Gasteiger partial charge in [-0.25, -0.2) is 0 Å². The molecule has 0 aliphatic carbocycles. The van der Waals surface area contributed by atoms with Crippen molar-refractivity contribution in [2.45, 2.75) is 33.4 Å². The van der Waals surface area contributed by atoms with E-state index in [1.165, 1.54) is 0 Å². The fourth-order valence-corrected chi connectivity index (χ4v) is 5.29. The van der Waals surface area contributed by atoms with Gasteiger partial charge in [-0.1, -0.05) is 18.5 Å². The molecule has 33 heavy (non-hydrogen) atoms. The molecule has 1 fully saturated rings. The molecular weight excluding hydrogens is 442 g/mol. The predicted molar refractivity (Wildman–Crippen MR) is 124 cm³/mol. The molecule has 2 aliphatic heterocycles. The number of aryl methyl sites for hydroxylation is 1.